The number of hydrogen-bond acceptors (Lipinski definition) is 7. The van der Waals surface area contributed by atoms with Crippen LogP contribution in [0.1, 0.15) is 42.4 Å². The highest BCUT2D eigenvalue weighted by Gasteiger charge is 2.48. The summed E-state index contributed by atoms with van der Waals surface area (Å²) in [6.07, 6.45) is 1.88. The molecule has 0 aliphatic heterocycles. The maximum absolute atomic E-state index is 13.2. The molecular formula is C29H32F2N3O7P. The van der Waals surface area contributed by atoms with Gasteiger partial charge in [0.1, 0.15) is 17.9 Å². The Morgan fingerprint density at radius 2 is 1.76 bits per heavy atom. The van der Waals surface area contributed by atoms with E-state index in [0.717, 1.165) is 33.9 Å². The Bertz CT molecular complexity index is 1610. The number of aromatic nitrogens is 2. The number of nitrogens with two attached hydrogens (primary N) is 1. The van der Waals surface area contributed by atoms with Gasteiger partial charge in [0, 0.05) is 29.8 Å². The van der Waals surface area contributed by atoms with Crippen LogP contribution in [0, 0.1) is 0 Å². The van der Waals surface area contributed by atoms with E-state index in [0.29, 0.717) is 29.0 Å². The highest BCUT2D eigenvalue weighted by Crippen LogP contribution is 2.54. The number of aliphatic carboxylic acids is 1. The second-order valence-electron chi connectivity index (χ2n) is 10.1. The van der Waals surface area contributed by atoms with Crippen LogP contribution >= 0.6 is 7.60 Å². The maximum atomic E-state index is 13.2. The smallest absolute Gasteiger partial charge is 0.394 e. The molecule has 0 saturated heterocycles. The molecule has 2 heterocycles. The van der Waals surface area contributed by atoms with Gasteiger partial charge in [0.25, 0.3) is 0 Å². The molecule has 2 aromatic heterocycles. The molecule has 0 amide bonds. The fourth-order valence-corrected chi connectivity index (χ4v) is 4.88. The summed E-state index contributed by atoms with van der Waals surface area (Å²) < 4.78 is 47.8. The van der Waals surface area contributed by atoms with Gasteiger partial charge in [-0.25, -0.2) is 4.98 Å². The first-order chi connectivity index (χ1) is 19.8. The fraction of sp³-hybridized carbons (Fsp3) is 0.345. The molecular weight excluding hydrogens is 571 g/mol. The van der Waals surface area contributed by atoms with E-state index in [1.807, 2.05) is 30.3 Å². The number of carboxylic acid groups (broad SMARTS) is 1. The van der Waals surface area contributed by atoms with E-state index in [9.17, 15) is 18.1 Å². The number of nitrogens with zero attached hydrogens (tertiary/aromatic N) is 2. The Balaban J connectivity index is 1.35. The van der Waals surface area contributed by atoms with Gasteiger partial charge in [-0.2, -0.15) is 8.78 Å². The van der Waals surface area contributed by atoms with Gasteiger partial charge in [-0.05, 0) is 59.7 Å². The van der Waals surface area contributed by atoms with Crippen molar-refractivity contribution in [2.24, 2.45) is 0 Å². The molecule has 13 heteroatoms. The van der Waals surface area contributed by atoms with Crippen LogP contribution in [0.4, 0.5) is 14.6 Å². The number of halogens is 2. The molecule has 4 rings (SSSR count). The van der Waals surface area contributed by atoms with Crippen molar-refractivity contribution in [2.45, 2.75) is 44.2 Å². The van der Waals surface area contributed by atoms with Crippen LogP contribution < -0.4 is 10.5 Å². The largest absolute Gasteiger partial charge is 0.491 e. The van der Waals surface area contributed by atoms with E-state index in [1.165, 1.54) is 0 Å². The molecule has 0 spiro atoms. The number of carbonyl (C=O) groups is 1. The zero-order valence-corrected chi connectivity index (χ0v) is 23.8. The number of anilines is 1. The van der Waals surface area contributed by atoms with E-state index in [1.54, 1.807) is 18.3 Å². The number of fused-ring (bicyclic) bond motifs is 3. The van der Waals surface area contributed by atoms with Gasteiger partial charge in [-0.3, -0.25) is 14.3 Å². The molecule has 10 nitrogen and oxygen atoms in total. The van der Waals surface area contributed by atoms with E-state index < -0.39 is 32.3 Å². The van der Waals surface area contributed by atoms with Crippen molar-refractivity contribution in [2.75, 3.05) is 25.6 Å². The molecule has 0 radical (unpaired) electrons. The highest BCUT2D eigenvalue weighted by atomic mass is 31.2. The summed E-state index contributed by atoms with van der Waals surface area (Å²) in [7, 11) is -5.51. The van der Waals surface area contributed by atoms with Crippen LogP contribution in [-0.4, -0.2) is 56.3 Å². The molecule has 4 aromatic rings. The van der Waals surface area contributed by atoms with Crippen molar-refractivity contribution in [1.82, 2.24) is 9.97 Å². The average molecular weight is 604 g/mol. The molecule has 1 atom stereocenters. The van der Waals surface area contributed by atoms with Crippen LogP contribution in [0.15, 0.2) is 54.7 Å². The van der Waals surface area contributed by atoms with Crippen molar-refractivity contribution in [3.8, 4) is 5.75 Å². The standard InChI is InChI=1S/C29H32F2N3O7P/c1-18(14-19-2-6-22(7-3-19)41-13-12-40-11-10-29(30,31)42(37,38)39)21-16-24-23-8-4-20(5-9-26(35)36)15-25(23)34-28(32)27(24)33-17-21/h2-4,6-8,15-18H,5,9-14H2,1H3,(H2,32,34)(H,35,36)(H2,37,38,39). The number of benzene rings is 2. The second kappa shape index (κ2) is 13.1. The monoisotopic (exact) mass is 603 g/mol. The zero-order chi connectivity index (χ0) is 30.5. The quantitative estimate of drug-likeness (QED) is 0.0846. The molecule has 42 heavy (non-hydrogen) atoms. The summed E-state index contributed by atoms with van der Waals surface area (Å²) in [5.41, 5.74) is 6.34. The Hall–Kier alpha value is -3.70. The number of carboxylic acids is 1. The molecule has 2 aromatic carbocycles. The third-order valence-corrected chi connectivity index (χ3v) is 7.95. The Kier molecular flexibility index (Phi) is 9.73. The number of ether oxygens (including phenoxy) is 2. The van der Waals surface area contributed by atoms with Crippen molar-refractivity contribution in [3.63, 3.8) is 0 Å². The van der Waals surface area contributed by atoms with E-state index >= 15 is 0 Å². The van der Waals surface area contributed by atoms with Gasteiger partial charge in [-0.1, -0.05) is 31.2 Å². The van der Waals surface area contributed by atoms with Gasteiger partial charge in [0.05, 0.1) is 18.7 Å². The van der Waals surface area contributed by atoms with Gasteiger partial charge >= 0.3 is 19.2 Å². The lowest BCUT2D eigenvalue weighted by molar-refractivity contribution is -0.136. The topological polar surface area (TPSA) is 165 Å². The van der Waals surface area contributed by atoms with Crippen molar-refractivity contribution >= 4 is 41.2 Å². The number of aryl methyl sites for hydroxylation is 1. The summed E-state index contributed by atoms with van der Waals surface area (Å²) in [6, 6.07) is 15.2. The third-order valence-electron chi connectivity index (χ3n) is 6.88. The number of alkyl halides is 2. The van der Waals surface area contributed by atoms with Gasteiger partial charge in [0.2, 0.25) is 0 Å². The summed E-state index contributed by atoms with van der Waals surface area (Å²) in [5.74, 6) is 0.142. The maximum Gasteiger partial charge on any atom is 0.394 e. The normalized spacial score (nSPS) is 13.0. The van der Waals surface area contributed by atoms with Crippen molar-refractivity contribution < 1.29 is 42.5 Å². The number of hydrogen-bond donors (Lipinski definition) is 4. The van der Waals surface area contributed by atoms with Crippen molar-refractivity contribution in [1.29, 1.82) is 0 Å². The average Bonchev–Trinajstić information content (AvgIpc) is 2.93. The number of nitrogen functional groups attached to an aromatic ring is 1. The first kappa shape index (κ1) is 31.2. The summed E-state index contributed by atoms with van der Waals surface area (Å²) >= 11 is 0. The summed E-state index contributed by atoms with van der Waals surface area (Å²) in [4.78, 5) is 37.3. The minimum absolute atomic E-state index is 0.0106. The first-order valence-electron chi connectivity index (χ1n) is 13.3. The molecule has 1 unspecified atom stereocenters. The second-order valence-corrected chi connectivity index (χ2v) is 11.8. The molecule has 0 saturated carbocycles. The van der Waals surface area contributed by atoms with Gasteiger partial charge in [0.15, 0.2) is 5.82 Å². The van der Waals surface area contributed by atoms with Gasteiger partial charge in [-0.15, -0.1) is 0 Å². The van der Waals surface area contributed by atoms with Gasteiger partial charge < -0.3 is 30.1 Å². The lowest BCUT2D eigenvalue weighted by Gasteiger charge is -2.17. The zero-order valence-electron chi connectivity index (χ0n) is 22.9. The third kappa shape index (κ3) is 7.77. The Morgan fingerprint density at radius 3 is 2.45 bits per heavy atom. The Labute approximate surface area is 240 Å². The minimum atomic E-state index is -5.51. The van der Waals surface area contributed by atoms with Crippen LogP contribution in [0.3, 0.4) is 0 Å². The highest BCUT2D eigenvalue weighted by molar-refractivity contribution is 7.53. The molecule has 0 fully saturated rings. The van der Waals surface area contributed by atoms with Crippen LogP contribution in [-0.2, 0) is 26.9 Å². The van der Waals surface area contributed by atoms with Crippen LogP contribution in [0.2, 0.25) is 0 Å². The Morgan fingerprint density at radius 1 is 1.05 bits per heavy atom. The molecule has 5 N–H and O–H groups in total. The lowest BCUT2D eigenvalue weighted by Crippen LogP contribution is -2.20. The minimum Gasteiger partial charge on any atom is -0.491 e. The predicted octanol–water partition coefficient (Wildman–Crippen LogP) is 5.28. The van der Waals surface area contributed by atoms with E-state index in [2.05, 4.69) is 23.0 Å². The molecule has 0 bridgehead atoms. The SMILES string of the molecule is CC(Cc1ccc(OCCOCCC(F)(F)P(=O)(O)O)cc1)c1cnc2c(N)nc3cc(CCC(=O)O)ccc3c2c1. The van der Waals surface area contributed by atoms with E-state index in [4.69, 9.17) is 30.1 Å². The number of rotatable bonds is 14. The molecule has 0 aliphatic rings. The summed E-state index contributed by atoms with van der Waals surface area (Å²) in [6.45, 7) is 1.67. The van der Waals surface area contributed by atoms with Crippen LogP contribution in [0.5, 0.6) is 5.75 Å². The number of pyridine rings is 2. The van der Waals surface area contributed by atoms with Crippen LogP contribution in [0.25, 0.3) is 21.8 Å². The first-order valence-corrected chi connectivity index (χ1v) is 14.9. The van der Waals surface area contributed by atoms with Crippen molar-refractivity contribution in [3.05, 3.63) is 71.4 Å². The van der Waals surface area contributed by atoms with E-state index in [-0.39, 0.29) is 25.6 Å². The lowest BCUT2D eigenvalue weighted by atomic mass is 9.93. The summed E-state index contributed by atoms with van der Waals surface area (Å²) in [5, 5.41) is 10.8. The molecule has 0 aliphatic carbocycles. The fourth-order valence-electron chi connectivity index (χ4n) is 4.50. The molecule has 224 valence electrons. The predicted molar refractivity (Wildman–Crippen MR) is 154 cm³/mol.